The van der Waals surface area contributed by atoms with E-state index in [1.54, 1.807) is 5.54 Å². The standard InChI is InChI=1S/C16H23ClO/c1-4-6-12-16(3,5-2)15(13-17)18-14-10-8-7-9-11-14/h7-11,13H,4-6,12H2,1-3H3/b15-13-. The molecule has 1 atom stereocenters. The molecule has 1 aromatic rings. The predicted octanol–water partition coefficient (Wildman–Crippen LogP) is 5.75. The second-order valence-electron chi connectivity index (χ2n) is 4.91. The van der Waals surface area contributed by atoms with Gasteiger partial charge >= 0.3 is 0 Å². The van der Waals surface area contributed by atoms with Crippen molar-refractivity contribution in [3.05, 3.63) is 41.6 Å². The van der Waals surface area contributed by atoms with Crippen molar-refractivity contribution in [3.63, 3.8) is 0 Å². The van der Waals surface area contributed by atoms with E-state index in [1.807, 2.05) is 30.3 Å². The molecule has 1 nitrogen and oxygen atoms in total. The molecule has 0 saturated carbocycles. The van der Waals surface area contributed by atoms with Gasteiger partial charge in [0.15, 0.2) is 0 Å². The van der Waals surface area contributed by atoms with Gasteiger partial charge in [0.05, 0.1) is 0 Å². The highest BCUT2D eigenvalue weighted by Gasteiger charge is 2.28. The fourth-order valence-electron chi connectivity index (χ4n) is 1.93. The third-order valence-corrected chi connectivity index (χ3v) is 3.73. The average Bonchev–Trinajstić information content (AvgIpc) is 2.43. The van der Waals surface area contributed by atoms with Crippen LogP contribution in [0.4, 0.5) is 0 Å². The Labute approximate surface area is 116 Å². The number of rotatable bonds is 7. The van der Waals surface area contributed by atoms with Gasteiger partial charge in [0.1, 0.15) is 11.5 Å². The van der Waals surface area contributed by atoms with Crippen LogP contribution in [0.15, 0.2) is 41.6 Å². The normalized spacial score (nSPS) is 15.2. The van der Waals surface area contributed by atoms with E-state index in [0.29, 0.717) is 0 Å². The summed E-state index contributed by atoms with van der Waals surface area (Å²) in [5.74, 6) is 1.71. The van der Waals surface area contributed by atoms with Crippen LogP contribution in [-0.2, 0) is 0 Å². The smallest absolute Gasteiger partial charge is 0.127 e. The van der Waals surface area contributed by atoms with E-state index < -0.39 is 0 Å². The molecule has 1 aromatic carbocycles. The van der Waals surface area contributed by atoms with Gasteiger partial charge in [0.2, 0.25) is 0 Å². The first-order valence-electron chi connectivity index (χ1n) is 6.70. The molecule has 0 aliphatic rings. The van der Waals surface area contributed by atoms with Gasteiger partial charge in [0, 0.05) is 11.0 Å². The summed E-state index contributed by atoms with van der Waals surface area (Å²) in [6, 6.07) is 9.83. The van der Waals surface area contributed by atoms with Crippen molar-refractivity contribution in [2.75, 3.05) is 0 Å². The minimum Gasteiger partial charge on any atom is -0.460 e. The quantitative estimate of drug-likeness (QED) is 0.571. The number of ether oxygens (including phenoxy) is 1. The van der Waals surface area contributed by atoms with E-state index in [1.165, 1.54) is 12.8 Å². The number of unbranched alkanes of at least 4 members (excludes halogenated alkanes) is 1. The van der Waals surface area contributed by atoms with Crippen LogP contribution in [0, 0.1) is 5.41 Å². The molecule has 0 radical (unpaired) electrons. The summed E-state index contributed by atoms with van der Waals surface area (Å²) in [5, 5.41) is 0. The Hall–Kier alpha value is -0.950. The molecular weight excluding hydrogens is 244 g/mol. The SMILES string of the molecule is CCCCC(C)(CC)/C(=C/Cl)Oc1ccccc1. The van der Waals surface area contributed by atoms with Gasteiger partial charge in [-0.1, -0.05) is 63.4 Å². The molecule has 1 rings (SSSR count). The molecule has 0 aliphatic heterocycles. The highest BCUT2D eigenvalue weighted by molar-refractivity contribution is 6.25. The maximum absolute atomic E-state index is 5.97. The maximum Gasteiger partial charge on any atom is 0.127 e. The number of halogens is 1. The Bertz CT molecular complexity index is 372. The minimum atomic E-state index is 0.0214. The number of hydrogen-bond acceptors (Lipinski definition) is 1. The first-order valence-corrected chi connectivity index (χ1v) is 7.13. The van der Waals surface area contributed by atoms with Crippen molar-refractivity contribution in [2.45, 2.75) is 46.5 Å². The van der Waals surface area contributed by atoms with Gasteiger partial charge in [-0.05, 0) is 25.0 Å². The summed E-state index contributed by atoms with van der Waals surface area (Å²) >= 11 is 5.97. The molecule has 0 N–H and O–H groups in total. The Morgan fingerprint density at radius 2 is 1.94 bits per heavy atom. The van der Waals surface area contributed by atoms with Gasteiger partial charge in [0.25, 0.3) is 0 Å². The molecule has 0 aliphatic carbocycles. The molecular formula is C16H23ClO. The molecule has 0 amide bonds. The van der Waals surface area contributed by atoms with Crippen molar-refractivity contribution in [2.24, 2.45) is 5.41 Å². The van der Waals surface area contributed by atoms with E-state index >= 15 is 0 Å². The summed E-state index contributed by atoms with van der Waals surface area (Å²) in [4.78, 5) is 0. The zero-order valence-corrected chi connectivity index (χ0v) is 12.3. The van der Waals surface area contributed by atoms with Crippen LogP contribution in [0.2, 0.25) is 0 Å². The van der Waals surface area contributed by atoms with Gasteiger partial charge in [-0.25, -0.2) is 0 Å². The second kappa shape index (κ2) is 7.48. The summed E-state index contributed by atoms with van der Waals surface area (Å²) in [6.07, 6.45) is 4.51. The maximum atomic E-state index is 5.97. The zero-order chi connectivity index (χ0) is 13.4. The third-order valence-electron chi connectivity index (χ3n) is 3.53. The average molecular weight is 267 g/mol. The Morgan fingerprint density at radius 1 is 1.28 bits per heavy atom. The molecule has 18 heavy (non-hydrogen) atoms. The first-order chi connectivity index (χ1) is 8.66. The van der Waals surface area contributed by atoms with Crippen LogP contribution in [0.1, 0.15) is 46.5 Å². The third kappa shape index (κ3) is 4.06. The van der Waals surface area contributed by atoms with Gasteiger partial charge in [-0.3, -0.25) is 0 Å². The van der Waals surface area contributed by atoms with Gasteiger partial charge < -0.3 is 4.74 Å². The topological polar surface area (TPSA) is 9.23 Å². The lowest BCUT2D eigenvalue weighted by atomic mass is 9.81. The van der Waals surface area contributed by atoms with E-state index in [-0.39, 0.29) is 5.41 Å². The fraction of sp³-hybridized carbons (Fsp3) is 0.500. The van der Waals surface area contributed by atoms with Crippen LogP contribution in [-0.4, -0.2) is 0 Å². The van der Waals surface area contributed by atoms with Gasteiger partial charge in [-0.15, -0.1) is 0 Å². The molecule has 0 aromatic heterocycles. The number of benzene rings is 1. The molecule has 1 unspecified atom stereocenters. The molecule has 0 heterocycles. The molecule has 0 bridgehead atoms. The molecule has 100 valence electrons. The lowest BCUT2D eigenvalue weighted by Crippen LogP contribution is -2.22. The number of allylic oxidation sites excluding steroid dienone is 1. The van der Waals surface area contributed by atoms with Crippen molar-refractivity contribution < 1.29 is 4.74 Å². The fourth-order valence-corrected chi connectivity index (χ4v) is 2.24. The van der Waals surface area contributed by atoms with E-state index in [9.17, 15) is 0 Å². The Kier molecular flexibility index (Phi) is 6.28. The summed E-state index contributed by atoms with van der Waals surface area (Å²) in [5.41, 5.74) is 1.61. The Morgan fingerprint density at radius 3 is 2.44 bits per heavy atom. The minimum absolute atomic E-state index is 0.0214. The largest absolute Gasteiger partial charge is 0.460 e. The lowest BCUT2D eigenvalue weighted by Gasteiger charge is -2.30. The summed E-state index contributed by atoms with van der Waals surface area (Å²) in [6.45, 7) is 6.61. The van der Waals surface area contributed by atoms with Crippen molar-refractivity contribution >= 4 is 11.6 Å². The van der Waals surface area contributed by atoms with E-state index in [0.717, 1.165) is 24.4 Å². The summed E-state index contributed by atoms with van der Waals surface area (Å²) < 4.78 is 5.95. The molecule has 0 spiro atoms. The van der Waals surface area contributed by atoms with Crippen LogP contribution >= 0.6 is 11.6 Å². The van der Waals surface area contributed by atoms with Crippen molar-refractivity contribution in [1.82, 2.24) is 0 Å². The van der Waals surface area contributed by atoms with Crippen molar-refractivity contribution in [3.8, 4) is 5.75 Å². The van der Waals surface area contributed by atoms with Crippen LogP contribution in [0.3, 0.4) is 0 Å². The Balaban J connectivity index is 2.81. The van der Waals surface area contributed by atoms with E-state index in [2.05, 4.69) is 20.8 Å². The highest BCUT2D eigenvalue weighted by Crippen LogP contribution is 2.37. The van der Waals surface area contributed by atoms with E-state index in [4.69, 9.17) is 16.3 Å². The van der Waals surface area contributed by atoms with Gasteiger partial charge in [-0.2, -0.15) is 0 Å². The second-order valence-corrected chi connectivity index (χ2v) is 5.12. The van der Waals surface area contributed by atoms with Crippen LogP contribution in [0.25, 0.3) is 0 Å². The summed E-state index contributed by atoms with van der Waals surface area (Å²) in [7, 11) is 0. The zero-order valence-electron chi connectivity index (χ0n) is 11.6. The molecule has 0 saturated heterocycles. The van der Waals surface area contributed by atoms with Crippen LogP contribution in [0.5, 0.6) is 5.75 Å². The molecule has 2 heteroatoms. The molecule has 0 fully saturated rings. The number of para-hydroxylation sites is 1. The highest BCUT2D eigenvalue weighted by atomic mass is 35.5. The monoisotopic (exact) mass is 266 g/mol. The first kappa shape index (κ1) is 15.1. The van der Waals surface area contributed by atoms with Crippen molar-refractivity contribution in [1.29, 1.82) is 0 Å². The predicted molar refractivity (Wildman–Crippen MR) is 78.9 cm³/mol. The van der Waals surface area contributed by atoms with Crippen LogP contribution < -0.4 is 4.74 Å². The lowest BCUT2D eigenvalue weighted by molar-refractivity contribution is 0.226. The number of hydrogen-bond donors (Lipinski definition) is 0.